The number of nitrogens with two attached hydrogens (primary N) is 1. The average Bonchev–Trinajstić information content (AvgIpc) is 3.19. The van der Waals surface area contributed by atoms with Crippen molar-refractivity contribution in [2.45, 2.75) is 23.8 Å². The zero-order chi connectivity index (χ0) is 14.9. The molecule has 0 heterocycles. The molecular formula is C11H14ClN3O4S. The van der Waals surface area contributed by atoms with Crippen LogP contribution in [0.5, 0.6) is 0 Å². The molecule has 7 nitrogen and oxygen atoms in total. The normalized spacial score (nSPS) is 16.9. The van der Waals surface area contributed by atoms with E-state index in [9.17, 15) is 18.5 Å². The minimum absolute atomic E-state index is 0.141. The molecule has 1 saturated carbocycles. The van der Waals surface area contributed by atoms with Crippen LogP contribution >= 0.6 is 11.6 Å². The molecule has 0 spiro atoms. The van der Waals surface area contributed by atoms with E-state index in [0.29, 0.717) is 0 Å². The molecule has 110 valence electrons. The third-order valence-electron chi connectivity index (χ3n) is 3.16. The summed E-state index contributed by atoms with van der Waals surface area (Å²) >= 11 is 5.82. The minimum atomic E-state index is -4.09. The molecule has 1 atom stereocenters. The van der Waals surface area contributed by atoms with Gasteiger partial charge in [0.15, 0.2) is 4.90 Å². The SMILES string of the molecule is NC[C@@H](NS(=O)(=O)c1c(Cl)cccc1[N+](=O)[O-])C1CC1. The van der Waals surface area contributed by atoms with Crippen molar-refractivity contribution < 1.29 is 13.3 Å². The van der Waals surface area contributed by atoms with Gasteiger partial charge in [-0.2, -0.15) is 0 Å². The highest BCUT2D eigenvalue weighted by atomic mass is 35.5. The second kappa shape index (κ2) is 5.65. The number of halogens is 1. The third-order valence-corrected chi connectivity index (χ3v) is 5.17. The Morgan fingerprint density at radius 2 is 2.15 bits per heavy atom. The van der Waals surface area contributed by atoms with Crippen LogP contribution in [-0.2, 0) is 10.0 Å². The quantitative estimate of drug-likeness (QED) is 0.605. The van der Waals surface area contributed by atoms with E-state index in [1.54, 1.807) is 0 Å². The van der Waals surface area contributed by atoms with Crippen molar-refractivity contribution in [2.24, 2.45) is 11.7 Å². The van der Waals surface area contributed by atoms with Crippen LogP contribution in [-0.4, -0.2) is 25.9 Å². The first-order valence-corrected chi connectivity index (χ1v) is 7.88. The summed E-state index contributed by atoms with van der Waals surface area (Å²) in [5.41, 5.74) is 5.00. The molecule has 20 heavy (non-hydrogen) atoms. The van der Waals surface area contributed by atoms with Crippen molar-refractivity contribution in [2.75, 3.05) is 6.54 Å². The summed E-state index contributed by atoms with van der Waals surface area (Å²) in [6.45, 7) is 0.141. The molecule has 9 heteroatoms. The Balaban J connectivity index is 2.40. The van der Waals surface area contributed by atoms with E-state index in [0.717, 1.165) is 18.9 Å². The Morgan fingerprint density at radius 3 is 2.65 bits per heavy atom. The highest BCUT2D eigenvalue weighted by molar-refractivity contribution is 7.89. The smallest absolute Gasteiger partial charge is 0.290 e. The lowest BCUT2D eigenvalue weighted by atomic mass is 10.2. The minimum Gasteiger partial charge on any atom is -0.329 e. The third kappa shape index (κ3) is 3.09. The molecule has 1 aliphatic rings. The Kier molecular flexibility index (Phi) is 4.28. The lowest BCUT2D eigenvalue weighted by Crippen LogP contribution is -2.41. The summed E-state index contributed by atoms with van der Waals surface area (Å²) < 4.78 is 27.1. The maximum Gasteiger partial charge on any atom is 0.290 e. The standard InChI is InChI=1S/C11H14ClN3O4S/c12-8-2-1-3-10(15(16)17)11(8)20(18,19)14-9(6-13)7-4-5-7/h1-3,7,9,14H,4-6,13H2/t9-/m1/s1. The first kappa shape index (κ1) is 15.2. The van der Waals surface area contributed by atoms with Crippen LogP contribution in [0.2, 0.25) is 5.02 Å². The first-order chi connectivity index (χ1) is 9.36. The molecule has 0 aromatic heterocycles. The molecular weight excluding hydrogens is 306 g/mol. The van der Waals surface area contributed by atoms with Crippen LogP contribution in [0.3, 0.4) is 0 Å². The lowest BCUT2D eigenvalue weighted by Gasteiger charge is -2.16. The van der Waals surface area contributed by atoms with Crippen LogP contribution in [0.15, 0.2) is 23.1 Å². The summed E-state index contributed by atoms with van der Waals surface area (Å²) in [5.74, 6) is 0.191. The molecule has 0 radical (unpaired) electrons. The fraction of sp³-hybridized carbons (Fsp3) is 0.455. The van der Waals surface area contributed by atoms with E-state index in [2.05, 4.69) is 4.72 Å². The van der Waals surface area contributed by atoms with Gasteiger partial charge in [-0.15, -0.1) is 0 Å². The summed E-state index contributed by atoms with van der Waals surface area (Å²) in [6.07, 6.45) is 1.80. The van der Waals surface area contributed by atoms with Gasteiger partial charge in [0.2, 0.25) is 10.0 Å². The maximum atomic E-state index is 12.3. The van der Waals surface area contributed by atoms with Crippen molar-refractivity contribution in [1.82, 2.24) is 4.72 Å². The fourth-order valence-corrected chi connectivity index (χ4v) is 4.02. The van der Waals surface area contributed by atoms with Gasteiger partial charge in [-0.25, -0.2) is 13.1 Å². The predicted octanol–water partition coefficient (Wildman–Crippen LogP) is 1.26. The van der Waals surface area contributed by atoms with Gasteiger partial charge in [0.1, 0.15) is 0 Å². The summed E-state index contributed by atoms with van der Waals surface area (Å²) in [6, 6.07) is 3.32. The highest BCUT2D eigenvalue weighted by Gasteiger charge is 2.36. The zero-order valence-corrected chi connectivity index (χ0v) is 12.0. The first-order valence-electron chi connectivity index (χ1n) is 6.02. The largest absolute Gasteiger partial charge is 0.329 e. The lowest BCUT2D eigenvalue weighted by molar-refractivity contribution is -0.387. The van der Waals surface area contributed by atoms with Crippen molar-refractivity contribution in [3.8, 4) is 0 Å². The second-order valence-corrected chi connectivity index (χ2v) is 6.70. The Bertz CT molecular complexity index is 631. The summed E-state index contributed by atoms with van der Waals surface area (Å²) in [5, 5.41) is 10.8. The number of rotatable bonds is 6. The number of benzene rings is 1. The van der Waals surface area contributed by atoms with E-state index in [4.69, 9.17) is 17.3 Å². The molecule has 1 fully saturated rings. The molecule has 3 N–H and O–H groups in total. The van der Waals surface area contributed by atoms with E-state index >= 15 is 0 Å². The van der Waals surface area contributed by atoms with Crippen LogP contribution in [0.1, 0.15) is 12.8 Å². The molecule has 2 rings (SSSR count). The molecule has 1 aromatic rings. The van der Waals surface area contributed by atoms with Crippen molar-refractivity contribution in [3.05, 3.63) is 33.3 Å². The molecule has 1 aliphatic carbocycles. The fourth-order valence-electron chi connectivity index (χ4n) is 2.00. The van der Waals surface area contributed by atoms with Gasteiger partial charge in [0.05, 0.1) is 9.95 Å². The highest BCUT2D eigenvalue weighted by Crippen LogP contribution is 2.35. The Morgan fingerprint density at radius 1 is 1.50 bits per heavy atom. The van der Waals surface area contributed by atoms with Gasteiger partial charge in [-0.05, 0) is 24.8 Å². The van der Waals surface area contributed by atoms with Crippen LogP contribution in [0.4, 0.5) is 5.69 Å². The Labute approximate surface area is 121 Å². The van der Waals surface area contributed by atoms with E-state index in [1.165, 1.54) is 12.1 Å². The van der Waals surface area contributed by atoms with Gasteiger partial charge in [0, 0.05) is 18.7 Å². The zero-order valence-electron chi connectivity index (χ0n) is 10.5. The number of hydrogen-bond acceptors (Lipinski definition) is 5. The number of nitrogens with zero attached hydrogens (tertiary/aromatic N) is 1. The number of nitrogens with one attached hydrogen (secondary N) is 1. The van der Waals surface area contributed by atoms with Crippen LogP contribution in [0, 0.1) is 16.0 Å². The molecule has 0 unspecified atom stereocenters. The number of nitro benzene ring substituents is 1. The number of sulfonamides is 1. The van der Waals surface area contributed by atoms with Crippen molar-refractivity contribution in [1.29, 1.82) is 0 Å². The molecule has 0 saturated heterocycles. The maximum absolute atomic E-state index is 12.3. The van der Waals surface area contributed by atoms with Crippen molar-refractivity contribution >= 4 is 27.3 Å². The van der Waals surface area contributed by atoms with E-state index in [-0.39, 0.29) is 17.5 Å². The van der Waals surface area contributed by atoms with Gasteiger partial charge < -0.3 is 5.73 Å². The summed E-state index contributed by atoms with van der Waals surface area (Å²) in [7, 11) is -4.09. The van der Waals surface area contributed by atoms with E-state index < -0.39 is 31.6 Å². The van der Waals surface area contributed by atoms with Crippen LogP contribution in [0.25, 0.3) is 0 Å². The van der Waals surface area contributed by atoms with Crippen LogP contribution < -0.4 is 10.5 Å². The molecule has 0 amide bonds. The number of nitro groups is 1. The Hall–Kier alpha value is -1.22. The second-order valence-electron chi connectivity index (χ2n) is 4.65. The van der Waals surface area contributed by atoms with Gasteiger partial charge in [0.25, 0.3) is 5.69 Å². The number of hydrogen-bond donors (Lipinski definition) is 2. The molecule has 0 aliphatic heterocycles. The topological polar surface area (TPSA) is 115 Å². The van der Waals surface area contributed by atoms with E-state index in [1.807, 2.05) is 0 Å². The summed E-state index contributed by atoms with van der Waals surface area (Å²) in [4.78, 5) is 9.67. The molecule has 1 aromatic carbocycles. The predicted molar refractivity (Wildman–Crippen MR) is 74.0 cm³/mol. The monoisotopic (exact) mass is 319 g/mol. The van der Waals surface area contributed by atoms with Gasteiger partial charge in [-0.1, -0.05) is 17.7 Å². The average molecular weight is 320 g/mol. The van der Waals surface area contributed by atoms with Gasteiger partial charge >= 0.3 is 0 Å². The van der Waals surface area contributed by atoms with Crippen molar-refractivity contribution in [3.63, 3.8) is 0 Å². The van der Waals surface area contributed by atoms with Gasteiger partial charge in [-0.3, -0.25) is 10.1 Å². The molecule has 0 bridgehead atoms.